The van der Waals surface area contributed by atoms with Crippen molar-refractivity contribution >= 4 is 20.2 Å². The van der Waals surface area contributed by atoms with Crippen molar-refractivity contribution in [3.63, 3.8) is 0 Å². The molecule has 2 heterocycles. The summed E-state index contributed by atoms with van der Waals surface area (Å²) >= 11 is 0. The second-order valence-electron chi connectivity index (χ2n) is 8.60. The number of aromatic nitrogens is 2. The van der Waals surface area contributed by atoms with Crippen LogP contribution in [-0.2, 0) is 13.9 Å². The largest absolute Gasteiger partial charge is 0.445 e. The molecule has 2 rings (SSSR count). The molecule has 168 valence electrons. The van der Waals surface area contributed by atoms with Gasteiger partial charge >= 0.3 is 11.8 Å². The Hall–Kier alpha value is -2.05. The van der Waals surface area contributed by atoms with Crippen molar-refractivity contribution in [3.8, 4) is 0 Å². The molecule has 0 unspecified atom stereocenters. The Bertz CT molecular complexity index is 821. The number of rotatable bonds is 7. The van der Waals surface area contributed by atoms with Gasteiger partial charge in [-0.2, -0.15) is 4.98 Å². The molecule has 0 spiro atoms. The Morgan fingerprint density at radius 3 is 2.67 bits per heavy atom. The van der Waals surface area contributed by atoms with Gasteiger partial charge in [-0.25, -0.2) is 9.59 Å². The number of nitrogens with zero attached hydrogens (tertiary/aromatic N) is 2. The molecule has 30 heavy (non-hydrogen) atoms. The second kappa shape index (κ2) is 9.39. The summed E-state index contributed by atoms with van der Waals surface area (Å²) in [4.78, 5) is 28.1. The topological polar surface area (TPSA) is 132 Å². The predicted molar refractivity (Wildman–Crippen MR) is 113 cm³/mol. The Morgan fingerprint density at radius 1 is 1.47 bits per heavy atom. The minimum atomic E-state index is -2.33. The van der Waals surface area contributed by atoms with E-state index in [9.17, 15) is 19.8 Å². The molecule has 0 aliphatic carbocycles. The van der Waals surface area contributed by atoms with E-state index in [1.165, 1.54) is 22.9 Å². The van der Waals surface area contributed by atoms with E-state index >= 15 is 0 Å². The maximum absolute atomic E-state index is 12.6. The molecule has 1 amide bonds. The van der Waals surface area contributed by atoms with Gasteiger partial charge in [0.2, 0.25) is 0 Å². The lowest BCUT2D eigenvalue weighted by Crippen LogP contribution is -2.49. The summed E-state index contributed by atoms with van der Waals surface area (Å²) in [6.07, 6.45) is -1.83. The number of aliphatic hydroxyl groups is 2. The Balaban J connectivity index is 2.29. The molecule has 10 nitrogen and oxygen atoms in total. The molecule has 1 aromatic heterocycles. The molecule has 4 atom stereocenters. The third-order valence-electron chi connectivity index (χ3n) is 5.40. The molecule has 0 aromatic carbocycles. The fourth-order valence-corrected chi connectivity index (χ4v) is 3.98. The van der Waals surface area contributed by atoms with Crippen LogP contribution in [0.25, 0.3) is 0 Å². The lowest BCUT2D eigenvalue weighted by atomic mass is 10.1. The summed E-state index contributed by atoms with van der Waals surface area (Å²) in [5, 5.41) is 22.4. The van der Waals surface area contributed by atoms with Crippen molar-refractivity contribution in [1.29, 1.82) is 0 Å². The summed E-state index contributed by atoms with van der Waals surface area (Å²) in [7, 11) is -2.33. The molecular weight excluding hydrogens is 410 g/mol. The zero-order valence-corrected chi connectivity index (χ0v) is 19.0. The number of carbonyl (C=O) groups excluding carboxylic acids is 1. The van der Waals surface area contributed by atoms with Crippen molar-refractivity contribution in [2.75, 3.05) is 18.5 Å². The van der Waals surface area contributed by atoms with E-state index in [0.29, 0.717) is 0 Å². The van der Waals surface area contributed by atoms with Crippen LogP contribution in [0.15, 0.2) is 29.7 Å². The number of amides is 1. The van der Waals surface area contributed by atoms with Crippen molar-refractivity contribution in [2.45, 2.75) is 63.4 Å². The number of hydrogen-bond donors (Lipinski definition) is 3. The van der Waals surface area contributed by atoms with Gasteiger partial charge in [-0.3, -0.25) is 9.88 Å². The predicted octanol–water partition coefficient (Wildman–Crippen LogP) is 1.62. The van der Waals surface area contributed by atoms with Gasteiger partial charge in [0.15, 0.2) is 14.5 Å². The first kappa shape index (κ1) is 24.2. The third-order valence-corrected chi connectivity index (χ3v) is 9.87. The van der Waals surface area contributed by atoms with Crippen molar-refractivity contribution in [2.24, 2.45) is 0 Å². The SMILES string of the molecule is C=CCOC(=O)Nc1ccn([C@@H]2O[C@H](CO)[C@@H](O)[C@H]2O[Si](C)(C)C(C)(C)C)c(=O)n1. The number of anilines is 1. The highest BCUT2D eigenvalue weighted by Crippen LogP contribution is 2.41. The Labute approximate surface area is 176 Å². The van der Waals surface area contributed by atoms with Crippen LogP contribution in [0.1, 0.15) is 27.0 Å². The van der Waals surface area contributed by atoms with Gasteiger partial charge in [0.25, 0.3) is 0 Å². The zero-order chi connectivity index (χ0) is 22.7. The fraction of sp³-hybridized carbons (Fsp3) is 0.632. The van der Waals surface area contributed by atoms with E-state index in [4.69, 9.17) is 13.9 Å². The molecule has 0 bridgehead atoms. The van der Waals surface area contributed by atoms with Crippen LogP contribution in [0.3, 0.4) is 0 Å². The zero-order valence-electron chi connectivity index (χ0n) is 18.0. The Kier molecular flexibility index (Phi) is 7.58. The normalized spacial score (nSPS) is 24.5. The fourth-order valence-electron chi connectivity index (χ4n) is 2.69. The third kappa shape index (κ3) is 5.35. The van der Waals surface area contributed by atoms with E-state index in [2.05, 4.69) is 37.7 Å². The van der Waals surface area contributed by atoms with Crippen LogP contribution in [0, 0.1) is 0 Å². The lowest BCUT2D eigenvalue weighted by Gasteiger charge is -2.40. The molecular formula is C19H31N3O7Si. The van der Waals surface area contributed by atoms with Gasteiger partial charge in [0.1, 0.15) is 30.7 Å². The molecule has 1 fully saturated rings. The second-order valence-corrected chi connectivity index (χ2v) is 13.4. The Morgan fingerprint density at radius 2 is 2.13 bits per heavy atom. The number of ether oxygens (including phenoxy) is 2. The van der Waals surface area contributed by atoms with Crippen molar-refractivity contribution < 1.29 is 28.9 Å². The molecule has 1 saturated heterocycles. The molecule has 11 heteroatoms. The molecule has 1 aliphatic rings. The van der Waals surface area contributed by atoms with Gasteiger partial charge in [-0.15, -0.1) is 0 Å². The first-order valence-corrected chi connectivity index (χ1v) is 12.6. The molecule has 1 aliphatic heterocycles. The van der Waals surface area contributed by atoms with Crippen molar-refractivity contribution in [3.05, 3.63) is 35.4 Å². The van der Waals surface area contributed by atoms with Crippen LogP contribution in [-0.4, -0.2) is 65.7 Å². The number of nitrogens with one attached hydrogen (secondary N) is 1. The average molecular weight is 442 g/mol. The monoisotopic (exact) mass is 441 g/mol. The van der Waals surface area contributed by atoms with Crippen LogP contribution in [0.5, 0.6) is 0 Å². The molecule has 1 aromatic rings. The number of aliphatic hydroxyl groups excluding tert-OH is 2. The van der Waals surface area contributed by atoms with Crippen LogP contribution >= 0.6 is 0 Å². The maximum atomic E-state index is 12.6. The summed E-state index contributed by atoms with van der Waals surface area (Å²) in [6, 6.07) is 1.40. The summed E-state index contributed by atoms with van der Waals surface area (Å²) in [6.45, 7) is 13.2. The van der Waals surface area contributed by atoms with Gasteiger partial charge in [-0.05, 0) is 24.2 Å². The summed E-state index contributed by atoms with van der Waals surface area (Å²) in [5.74, 6) is 0.00410. The minimum Gasteiger partial charge on any atom is -0.445 e. The van der Waals surface area contributed by atoms with Crippen molar-refractivity contribution in [1.82, 2.24) is 9.55 Å². The highest BCUT2D eigenvalue weighted by Gasteiger charge is 2.50. The standard InChI is InChI=1S/C19H31N3O7Si/c1-7-10-27-18(26)21-13-8-9-22(17(25)20-13)16-15(14(24)12(11-23)28-16)29-30(5,6)19(2,3)4/h7-9,12,14-16,23-24H,1,10-11H2,2-6H3,(H,20,21,25,26)/t12-,14-,15-,16-/m1/s1. The number of carbonyl (C=O) groups is 1. The van der Waals surface area contributed by atoms with Gasteiger partial charge in [0, 0.05) is 6.20 Å². The van der Waals surface area contributed by atoms with Gasteiger partial charge in [0.05, 0.1) is 6.61 Å². The van der Waals surface area contributed by atoms with Crippen LogP contribution < -0.4 is 11.0 Å². The molecule has 3 N–H and O–H groups in total. The van der Waals surface area contributed by atoms with Gasteiger partial charge in [-0.1, -0.05) is 33.4 Å². The highest BCUT2D eigenvalue weighted by atomic mass is 28.4. The van der Waals surface area contributed by atoms with Crippen LogP contribution in [0.2, 0.25) is 18.1 Å². The smallest absolute Gasteiger partial charge is 0.413 e. The minimum absolute atomic E-state index is 0.00410. The van der Waals surface area contributed by atoms with E-state index in [1.807, 2.05) is 13.1 Å². The summed E-state index contributed by atoms with van der Waals surface area (Å²) in [5.41, 5.74) is -0.712. The van der Waals surface area contributed by atoms with E-state index in [0.717, 1.165) is 0 Å². The lowest BCUT2D eigenvalue weighted by molar-refractivity contribution is -0.0534. The first-order chi connectivity index (χ1) is 13.9. The number of hydrogen-bond acceptors (Lipinski definition) is 8. The summed E-state index contributed by atoms with van der Waals surface area (Å²) < 4.78 is 18.0. The van der Waals surface area contributed by atoms with E-state index < -0.39 is 51.2 Å². The van der Waals surface area contributed by atoms with E-state index in [1.54, 1.807) is 0 Å². The molecule has 0 saturated carbocycles. The van der Waals surface area contributed by atoms with Crippen LogP contribution in [0.4, 0.5) is 10.6 Å². The maximum Gasteiger partial charge on any atom is 0.413 e. The highest BCUT2D eigenvalue weighted by molar-refractivity contribution is 6.74. The quantitative estimate of drug-likeness (QED) is 0.430. The molecule has 0 radical (unpaired) electrons. The van der Waals surface area contributed by atoms with E-state index in [-0.39, 0.29) is 17.5 Å². The average Bonchev–Trinajstić information content (AvgIpc) is 2.94. The first-order valence-electron chi connectivity index (χ1n) is 9.67. The van der Waals surface area contributed by atoms with Gasteiger partial charge < -0.3 is 24.1 Å².